The van der Waals surface area contributed by atoms with Crippen molar-refractivity contribution in [2.75, 3.05) is 18.9 Å². The van der Waals surface area contributed by atoms with Crippen LogP contribution in [-0.4, -0.2) is 29.3 Å². The van der Waals surface area contributed by atoms with E-state index in [0.717, 1.165) is 4.68 Å². The quantitative estimate of drug-likeness (QED) is 0.842. The number of hydrogen-bond donors (Lipinski definition) is 2. The van der Waals surface area contributed by atoms with Crippen molar-refractivity contribution in [1.29, 1.82) is 0 Å². The highest BCUT2D eigenvalue weighted by atomic mass is 35.5. The molecule has 0 aliphatic rings. The Morgan fingerprint density at radius 1 is 1.56 bits per heavy atom. The van der Waals surface area contributed by atoms with Crippen molar-refractivity contribution in [3.8, 4) is 0 Å². The van der Waals surface area contributed by atoms with E-state index in [2.05, 4.69) is 15.7 Å². The van der Waals surface area contributed by atoms with Crippen LogP contribution in [-0.2, 0) is 11.8 Å². The number of anilines is 1. The van der Waals surface area contributed by atoms with Gasteiger partial charge in [0.1, 0.15) is 5.02 Å². The fourth-order valence-corrected chi connectivity index (χ4v) is 1.61. The summed E-state index contributed by atoms with van der Waals surface area (Å²) in [6, 6.07) is 0. The number of hydrogen-bond acceptors (Lipinski definition) is 4. The Hall–Kier alpha value is -1.56. The van der Waals surface area contributed by atoms with Gasteiger partial charge in [0, 0.05) is 20.6 Å². The molecule has 0 bridgehead atoms. The van der Waals surface area contributed by atoms with E-state index in [9.17, 15) is 9.59 Å². The molecule has 0 saturated carbocycles. The second-order valence-electron chi connectivity index (χ2n) is 4.62. The predicted molar refractivity (Wildman–Crippen MR) is 70.8 cm³/mol. The highest BCUT2D eigenvalue weighted by Crippen LogP contribution is 2.20. The SMILES string of the molecule is CNC(=O)C(C)(C)CNc1cnn(C)c(=O)c1Cl. The van der Waals surface area contributed by atoms with Crippen LogP contribution in [0.1, 0.15) is 13.8 Å². The second kappa shape index (κ2) is 5.39. The zero-order valence-corrected chi connectivity index (χ0v) is 11.6. The summed E-state index contributed by atoms with van der Waals surface area (Å²) in [5.41, 5.74) is -0.560. The summed E-state index contributed by atoms with van der Waals surface area (Å²) in [6.45, 7) is 3.93. The van der Waals surface area contributed by atoms with E-state index in [4.69, 9.17) is 11.6 Å². The predicted octanol–water partition coefficient (Wildman–Crippen LogP) is 0.618. The number of nitrogens with zero attached hydrogens (tertiary/aromatic N) is 2. The van der Waals surface area contributed by atoms with Gasteiger partial charge in [0.15, 0.2) is 0 Å². The Balaban J connectivity index is 2.85. The molecule has 0 unspecified atom stereocenters. The van der Waals surface area contributed by atoms with Gasteiger partial charge in [-0.1, -0.05) is 11.6 Å². The maximum Gasteiger partial charge on any atom is 0.287 e. The molecule has 7 heteroatoms. The summed E-state index contributed by atoms with van der Waals surface area (Å²) >= 11 is 5.90. The van der Waals surface area contributed by atoms with Crippen LogP contribution in [0.2, 0.25) is 5.02 Å². The van der Waals surface area contributed by atoms with Gasteiger partial charge in [-0.25, -0.2) is 4.68 Å². The van der Waals surface area contributed by atoms with Crippen molar-refractivity contribution in [3.63, 3.8) is 0 Å². The zero-order chi connectivity index (χ0) is 13.9. The van der Waals surface area contributed by atoms with Gasteiger partial charge < -0.3 is 10.6 Å². The highest BCUT2D eigenvalue weighted by Gasteiger charge is 2.26. The molecule has 0 aromatic carbocycles. The summed E-state index contributed by atoms with van der Waals surface area (Å²) in [6.07, 6.45) is 1.46. The molecule has 0 radical (unpaired) electrons. The second-order valence-corrected chi connectivity index (χ2v) is 5.00. The molecular weight excluding hydrogens is 256 g/mol. The standard InChI is InChI=1S/C11H17ClN4O2/c1-11(2,10(18)13-3)6-14-7-5-15-16(4)9(17)8(7)12/h5,14H,6H2,1-4H3,(H,13,18). The first-order chi connectivity index (χ1) is 8.29. The molecular formula is C11H17ClN4O2. The van der Waals surface area contributed by atoms with Crippen molar-refractivity contribution < 1.29 is 4.79 Å². The Labute approximate surface area is 110 Å². The molecule has 1 amide bonds. The van der Waals surface area contributed by atoms with Gasteiger partial charge in [0.05, 0.1) is 17.3 Å². The Bertz CT molecular complexity index is 510. The minimum absolute atomic E-state index is 0.0696. The monoisotopic (exact) mass is 272 g/mol. The molecule has 1 rings (SSSR count). The average Bonchev–Trinajstić information content (AvgIpc) is 2.34. The van der Waals surface area contributed by atoms with Crippen LogP contribution in [0.25, 0.3) is 0 Å². The molecule has 2 N–H and O–H groups in total. The topological polar surface area (TPSA) is 76.0 Å². The van der Waals surface area contributed by atoms with Gasteiger partial charge in [-0.2, -0.15) is 5.10 Å². The Morgan fingerprint density at radius 2 is 2.17 bits per heavy atom. The van der Waals surface area contributed by atoms with Gasteiger partial charge >= 0.3 is 0 Å². The normalized spacial score (nSPS) is 11.2. The molecule has 0 fully saturated rings. The lowest BCUT2D eigenvalue weighted by Crippen LogP contribution is -2.39. The largest absolute Gasteiger partial charge is 0.381 e. The third-order valence-corrected chi connectivity index (χ3v) is 3.01. The van der Waals surface area contributed by atoms with Crippen LogP contribution >= 0.6 is 11.6 Å². The number of halogens is 1. The number of nitrogens with one attached hydrogen (secondary N) is 2. The van der Waals surface area contributed by atoms with E-state index in [1.165, 1.54) is 13.2 Å². The van der Waals surface area contributed by atoms with Crippen molar-refractivity contribution in [2.24, 2.45) is 12.5 Å². The molecule has 1 heterocycles. The first kappa shape index (κ1) is 14.5. The maximum absolute atomic E-state index is 11.6. The molecule has 1 aromatic heterocycles. The van der Waals surface area contributed by atoms with Crippen LogP contribution in [0.3, 0.4) is 0 Å². The van der Waals surface area contributed by atoms with E-state index < -0.39 is 5.41 Å². The van der Waals surface area contributed by atoms with E-state index in [0.29, 0.717) is 12.2 Å². The van der Waals surface area contributed by atoms with Gasteiger partial charge in [0.2, 0.25) is 5.91 Å². The number of rotatable bonds is 4. The smallest absolute Gasteiger partial charge is 0.287 e. The van der Waals surface area contributed by atoms with E-state index in [-0.39, 0.29) is 16.5 Å². The Morgan fingerprint density at radius 3 is 2.72 bits per heavy atom. The minimum Gasteiger partial charge on any atom is -0.381 e. The molecule has 18 heavy (non-hydrogen) atoms. The van der Waals surface area contributed by atoms with E-state index in [1.807, 2.05) is 0 Å². The van der Waals surface area contributed by atoms with Crippen LogP contribution in [0.4, 0.5) is 5.69 Å². The van der Waals surface area contributed by atoms with Crippen LogP contribution < -0.4 is 16.2 Å². The lowest BCUT2D eigenvalue weighted by molar-refractivity contribution is -0.128. The molecule has 1 aromatic rings. The zero-order valence-electron chi connectivity index (χ0n) is 10.9. The number of carbonyl (C=O) groups is 1. The molecule has 6 nitrogen and oxygen atoms in total. The summed E-state index contributed by atoms with van der Waals surface area (Å²) in [5, 5.41) is 9.48. The average molecular weight is 273 g/mol. The third kappa shape index (κ3) is 3.01. The summed E-state index contributed by atoms with van der Waals surface area (Å²) in [4.78, 5) is 23.1. The summed E-state index contributed by atoms with van der Waals surface area (Å²) in [7, 11) is 3.10. The van der Waals surface area contributed by atoms with E-state index in [1.54, 1.807) is 20.9 Å². The molecule has 100 valence electrons. The van der Waals surface area contributed by atoms with Crippen molar-refractivity contribution >= 4 is 23.2 Å². The number of aryl methyl sites for hydroxylation is 1. The summed E-state index contributed by atoms with van der Waals surface area (Å²) in [5.74, 6) is -0.0945. The molecule has 0 atom stereocenters. The number of aromatic nitrogens is 2. The van der Waals surface area contributed by atoms with Gasteiger partial charge in [0.25, 0.3) is 5.56 Å². The highest BCUT2D eigenvalue weighted by molar-refractivity contribution is 6.32. The number of amides is 1. The molecule has 0 aliphatic heterocycles. The van der Waals surface area contributed by atoms with Crippen LogP contribution in [0.15, 0.2) is 11.0 Å². The Kier molecular flexibility index (Phi) is 4.34. The van der Waals surface area contributed by atoms with Gasteiger partial charge in [-0.15, -0.1) is 0 Å². The van der Waals surface area contributed by atoms with Gasteiger partial charge in [-0.05, 0) is 13.8 Å². The first-order valence-corrected chi connectivity index (χ1v) is 5.85. The minimum atomic E-state index is -0.612. The molecule has 0 saturated heterocycles. The van der Waals surface area contributed by atoms with Crippen molar-refractivity contribution in [3.05, 3.63) is 21.6 Å². The first-order valence-electron chi connectivity index (χ1n) is 5.47. The van der Waals surface area contributed by atoms with Crippen LogP contribution in [0.5, 0.6) is 0 Å². The van der Waals surface area contributed by atoms with Crippen molar-refractivity contribution in [1.82, 2.24) is 15.1 Å². The van der Waals surface area contributed by atoms with Gasteiger partial charge in [-0.3, -0.25) is 9.59 Å². The fraction of sp³-hybridized carbons (Fsp3) is 0.545. The fourth-order valence-electron chi connectivity index (χ4n) is 1.37. The summed E-state index contributed by atoms with van der Waals surface area (Å²) < 4.78 is 1.15. The molecule has 0 aliphatic carbocycles. The maximum atomic E-state index is 11.6. The van der Waals surface area contributed by atoms with Crippen LogP contribution in [0, 0.1) is 5.41 Å². The lowest BCUT2D eigenvalue weighted by Gasteiger charge is -2.23. The molecule has 0 spiro atoms. The third-order valence-electron chi connectivity index (χ3n) is 2.64. The lowest BCUT2D eigenvalue weighted by atomic mass is 9.92. The van der Waals surface area contributed by atoms with E-state index >= 15 is 0 Å². The number of carbonyl (C=O) groups excluding carboxylic acids is 1. The van der Waals surface area contributed by atoms with Crippen molar-refractivity contribution in [2.45, 2.75) is 13.8 Å².